The summed E-state index contributed by atoms with van der Waals surface area (Å²) in [6.07, 6.45) is 2.97. The number of sulfonamides is 1. The zero-order valence-corrected chi connectivity index (χ0v) is 23.9. The van der Waals surface area contributed by atoms with Crippen LogP contribution in [-0.4, -0.2) is 68.9 Å². The van der Waals surface area contributed by atoms with Crippen LogP contribution in [0.2, 0.25) is 0 Å². The zero-order valence-electron chi connectivity index (χ0n) is 23.1. The molecular formula is C27H27N5O9S. The van der Waals surface area contributed by atoms with Crippen LogP contribution in [-0.2, 0) is 19.6 Å². The van der Waals surface area contributed by atoms with E-state index in [1.807, 2.05) is 0 Å². The summed E-state index contributed by atoms with van der Waals surface area (Å²) in [5.74, 6) is -0.296. The summed E-state index contributed by atoms with van der Waals surface area (Å²) in [5, 5.41) is 0. The van der Waals surface area contributed by atoms with Gasteiger partial charge in [0.25, 0.3) is 15.9 Å². The minimum atomic E-state index is -4.36. The highest BCUT2D eigenvalue weighted by Gasteiger charge is 2.26. The number of aromatic nitrogens is 4. The molecule has 1 N–H and O–H groups in total. The Bertz CT molecular complexity index is 1650. The molecular weight excluding hydrogens is 570 g/mol. The number of hydrogen-bond donors (Lipinski definition) is 1. The number of anilines is 1. The summed E-state index contributed by atoms with van der Waals surface area (Å²) >= 11 is 0. The number of nitrogens with zero attached hydrogens (tertiary/aromatic N) is 4. The van der Waals surface area contributed by atoms with Gasteiger partial charge >= 0.3 is 5.97 Å². The molecule has 4 aromatic rings. The Kier molecular flexibility index (Phi) is 9.54. The number of hydrogen-bond acceptors (Lipinski definition) is 13. The molecule has 2 aromatic carbocycles. The molecule has 0 saturated carbocycles. The third kappa shape index (κ3) is 6.93. The van der Waals surface area contributed by atoms with E-state index in [-0.39, 0.29) is 57.8 Å². The maximum atomic E-state index is 13.7. The zero-order chi connectivity index (χ0) is 30.1. The second-order valence-electron chi connectivity index (χ2n) is 8.07. The summed E-state index contributed by atoms with van der Waals surface area (Å²) < 4.78 is 62.2. The second-order valence-corrected chi connectivity index (χ2v) is 9.75. The quantitative estimate of drug-likeness (QED) is 0.222. The Hall–Kier alpha value is -5.18. The van der Waals surface area contributed by atoms with E-state index in [0.717, 1.165) is 0 Å². The molecule has 14 nitrogen and oxygen atoms in total. The largest absolute Gasteiger partial charge is 0.493 e. The molecule has 42 heavy (non-hydrogen) atoms. The van der Waals surface area contributed by atoms with Crippen molar-refractivity contribution in [3.8, 4) is 46.3 Å². The Morgan fingerprint density at radius 2 is 1.52 bits per heavy atom. The van der Waals surface area contributed by atoms with Gasteiger partial charge in [-0.3, -0.25) is 4.72 Å². The molecule has 0 amide bonds. The molecule has 0 atom stereocenters. The van der Waals surface area contributed by atoms with Gasteiger partial charge in [-0.2, -0.15) is 4.98 Å². The summed E-state index contributed by atoms with van der Waals surface area (Å²) in [6, 6.07) is 12.2. The predicted molar refractivity (Wildman–Crippen MR) is 149 cm³/mol. The van der Waals surface area contributed by atoms with Gasteiger partial charge in [0.1, 0.15) is 0 Å². The van der Waals surface area contributed by atoms with Crippen LogP contribution in [0.3, 0.4) is 0 Å². The maximum Gasteiger partial charge on any atom is 0.344 e. The molecule has 0 saturated heterocycles. The first-order chi connectivity index (χ1) is 20.3. The number of benzene rings is 2. The average molecular weight is 598 g/mol. The second kappa shape index (κ2) is 13.5. The van der Waals surface area contributed by atoms with Gasteiger partial charge in [0.05, 0.1) is 32.8 Å². The van der Waals surface area contributed by atoms with Crippen LogP contribution in [0.25, 0.3) is 11.6 Å². The van der Waals surface area contributed by atoms with Gasteiger partial charge in [-0.15, -0.1) is 0 Å². The fraction of sp³-hybridized carbons (Fsp3) is 0.222. The van der Waals surface area contributed by atoms with Crippen molar-refractivity contribution >= 4 is 21.8 Å². The van der Waals surface area contributed by atoms with Gasteiger partial charge in [-0.05, 0) is 37.3 Å². The number of ether oxygens (including phenoxy) is 6. The molecule has 220 valence electrons. The van der Waals surface area contributed by atoms with Gasteiger partial charge in [0.2, 0.25) is 11.6 Å². The van der Waals surface area contributed by atoms with E-state index in [1.54, 1.807) is 37.3 Å². The first kappa shape index (κ1) is 29.8. The van der Waals surface area contributed by atoms with Crippen molar-refractivity contribution in [3.05, 3.63) is 60.9 Å². The molecule has 15 heteroatoms. The number of methoxy groups -OCH3 is 3. The molecule has 0 aliphatic heterocycles. The van der Waals surface area contributed by atoms with Crippen molar-refractivity contribution in [2.75, 3.05) is 39.3 Å². The van der Waals surface area contributed by atoms with E-state index >= 15 is 0 Å². The Morgan fingerprint density at radius 3 is 2.19 bits per heavy atom. The molecule has 0 aliphatic rings. The summed E-state index contributed by atoms with van der Waals surface area (Å²) in [7, 11) is -0.194. The fourth-order valence-electron chi connectivity index (χ4n) is 3.52. The third-order valence-corrected chi connectivity index (χ3v) is 6.74. The molecule has 0 spiro atoms. The van der Waals surface area contributed by atoms with Crippen LogP contribution in [0.4, 0.5) is 5.82 Å². The Morgan fingerprint density at radius 1 is 0.833 bits per heavy atom. The van der Waals surface area contributed by atoms with Crippen molar-refractivity contribution in [2.45, 2.75) is 11.8 Å². The lowest BCUT2D eigenvalue weighted by atomic mass is 10.3. The van der Waals surface area contributed by atoms with Crippen LogP contribution in [0.1, 0.15) is 6.92 Å². The van der Waals surface area contributed by atoms with Crippen molar-refractivity contribution in [1.82, 2.24) is 19.9 Å². The molecule has 0 bridgehead atoms. The lowest BCUT2D eigenvalue weighted by Gasteiger charge is -2.17. The number of para-hydroxylation sites is 2. The molecule has 0 unspecified atom stereocenters. The minimum Gasteiger partial charge on any atom is -0.493 e. The van der Waals surface area contributed by atoms with E-state index in [9.17, 15) is 13.2 Å². The maximum absolute atomic E-state index is 13.7. The first-order valence-corrected chi connectivity index (χ1v) is 13.8. The average Bonchev–Trinajstić information content (AvgIpc) is 3.01. The number of carbonyl (C=O) groups is 1. The smallest absolute Gasteiger partial charge is 0.344 e. The number of rotatable bonds is 13. The highest BCUT2D eigenvalue weighted by Crippen LogP contribution is 2.41. The molecule has 0 fully saturated rings. The Balaban J connectivity index is 1.78. The fourth-order valence-corrected chi connectivity index (χ4v) is 4.54. The normalized spacial score (nSPS) is 10.9. The highest BCUT2D eigenvalue weighted by molar-refractivity contribution is 7.92. The Labute approximate surface area is 241 Å². The topological polar surface area (TPSA) is 170 Å². The van der Waals surface area contributed by atoms with Crippen molar-refractivity contribution < 1.29 is 41.6 Å². The van der Waals surface area contributed by atoms with Crippen molar-refractivity contribution in [1.29, 1.82) is 0 Å². The van der Waals surface area contributed by atoms with E-state index in [0.29, 0.717) is 5.75 Å². The van der Waals surface area contributed by atoms with Crippen LogP contribution in [0.5, 0.6) is 34.6 Å². The SMILES string of the molecule is CCOC(=O)COc1cc(S(=O)(=O)Nc2nc(-c3ncccn3)nc(OC)c2Oc2ccccc2OC)ccc1OC. The third-order valence-electron chi connectivity index (χ3n) is 5.40. The van der Waals surface area contributed by atoms with Gasteiger partial charge in [0, 0.05) is 18.5 Å². The van der Waals surface area contributed by atoms with E-state index in [2.05, 4.69) is 24.7 Å². The molecule has 2 aromatic heterocycles. The lowest BCUT2D eigenvalue weighted by molar-refractivity contribution is -0.145. The molecule has 0 radical (unpaired) electrons. The minimum absolute atomic E-state index is 0.00225. The summed E-state index contributed by atoms with van der Waals surface area (Å²) in [4.78, 5) is 28.5. The molecule has 4 rings (SSSR count). The van der Waals surface area contributed by atoms with Gasteiger partial charge in [-0.25, -0.2) is 28.2 Å². The first-order valence-electron chi connectivity index (χ1n) is 12.3. The molecule has 0 aliphatic carbocycles. The lowest BCUT2D eigenvalue weighted by Crippen LogP contribution is -2.17. The number of esters is 1. The van der Waals surface area contributed by atoms with Gasteiger partial charge < -0.3 is 28.4 Å². The number of nitrogens with one attached hydrogen (secondary N) is 1. The highest BCUT2D eigenvalue weighted by atomic mass is 32.2. The van der Waals surface area contributed by atoms with Crippen molar-refractivity contribution in [3.63, 3.8) is 0 Å². The van der Waals surface area contributed by atoms with E-state index in [1.165, 1.54) is 51.9 Å². The van der Waals surface area contributed by atoms with Gasteiger partial charge in [0.15, 0.2) is 41.2 Å². The summed E-state index contributed by atoms with van der Waals surface area (Å²) in [5.41, 5.74) is 0. The van der Waals surface area contributed by atoms with Crippen LogP contribution < -0.4 is 28.4 Å². The van der Waals surface area contributed by atoms with Crippen molar-refractivity contribution in [2.24, 2.45) is 0 Å². The standard InChI is InChI=1S/C27H27N5O9S/c1-5-39-22(33)16-40-21-15-17(11-12-19(21)37-3)42(34,35)32-24-23(41-20-10-7-6-9-18(20)36-2)27(38-4)31-26(30-24)25-28-13-8-14-29-25/h6-15H,5,16H2,1-4H3,(H,30,31,32). The van der Waals surface area contributed by atoms with E-state index < -0.39 is 22.6 Å². The number of carbonyl (C=O) groups excluding carboxylic acids is 1. The predicted octanol–water partition coefficient (Wildman–Crippen LogP) is 3.49. The molecule has 2 heterocycles. The monoisotopic (exact) mass is 597 g/mol. The van der Waals surface area contributed by atoms with Gasteiger partial charge in [-0.1, -0.05) is 12.1 Å². The van der Waals surface area contributed by atoms with Crippen LogP contribution in [0, 0.1) is 0 Å². The van der Waals surface area contributed by atoms with E-state index in [4.69, 9.17) is 28.4 Å². The van der Waals surface area contributed by atoms with Crippen LogP contribution in [0.15, 0.2) is 65.8 Å². The summed E-state index contributed by atoms with van der Waals surface area (Å²) in [6.45, 7) is 1.36. The van der Waals surface area contributed by atoms with Crippen LogP contribution >= 0.6 is 0 Å².